The summed E-state index contributed by atoms with van der Waals surface area (Å²) < 4.78 is 0. The fourth-order valence-corrected chi connectivity index (χ4v) is 6.83. The van der Waals surface area contributed by atoms with Gasteiger partial charge in [0.1, 0.15) is 6.17 Å². The molecule has 2 fully saturated rings. The molecular weight excluding hydrogens is 560 g/mol. The molecule has 0 saturated carbocycles. The number of benzene rings is 4. The fraction of sp³-hybridized carbons (Fsp3) is 0.342. The largest absolute Gasteiger partial charge is 0.338 e. The molecule has 7 heteroatoms. The molecule has 2 aliphatic heterocycles. The molecule has 2 heterocycles. The molecule has 4 aromatic rings. The van der Waals surface area contributed by atoms with E-state index in [4.69, 9.17) is 0 Å². The van der Waals surface area contributed by atoms with Crippen molar-refractivity contribution in [2.24, 2.45) is 11.8 Å². The van der Waals surface area contributed by atoms with Gasteiger partial charge >= 0.3 is 6.03 Å². The third-order valence-electron chi connectivity index (χ3n) is 9.38. The maximum absolute atomic E-state index is 14.0. The first-order valence-electron chi connectivity index (χ1n) is 16.1. The molecule has 0 bridgehead atoms. The first-order valence-corrected chi connectivity index (χ1v) is 16.1. The lowest BCUT2D eigenvalue weighted by atomic mass is 9.88. The van der Waals surface area contributed by atoms with Gasteiger partial charge < -0.3 is 20.0 Å². The maximum Gasteiger partial charge on any atom is 0.319 e. The predicted octanol–water partition coefficient (Wildman–Crippen LogP) is 6.25. The summed E-state index contributed by atoms with van der Waals surface area (Å²) in [5.74, 6) is -0.0929. The molecule has 45 heavy (non-hydrogen) atoms. The van der Waals surface area contributed by atoms with Gasteiger partial charge in [0.25, 0.3) is 0 Å². The average Bonchev–Trinajstić information content (AvgIpc) is 3.21. The van der Waals surface area contributed by atoms with Gasteiger partial charge in [-0.3, -0.25) is 9.59 Å². The van der Waals surface area contributed by atoms with Crippen LogP contribution in [-0.2, 0) is 16.1 Å². The average molecular weight is 603 g/mol. The number of urea groups is 1. The Labute approximate surface area is 265 Å². The summed E-state index contributed by atoms with van der Waals surface area (Å²) in [6.45, 7) is 5.91. The van der Waals surface area contributed by atoms with E-state index in [1.165, 1.54) is 11.1 Å². The van der Waals surface area contributed by atoms with E-state index >= 15 is 0 Å². The smallest absolute Gasteiger partial charge is 0.319 e. The minimum Gasteiger partial charge on any atom is -0.338 e. The lowest BCUT2D eigenvalue weighted by Crippen LogP contribution is -2.62. The molecule has 232 valence electrons. The Morgan fingerprint density at radius 2 is 1.47 bits per heavy atom. The number of amides is 4. The molecule has 7 nitrogen and oxygen atoms in total. The quantitative estimate of drug-likeness (QED) is 0.259. The van der Waals surface area contributed by atoms with Gasteiger partial charge in [0.2, 0.25) is 11.8 Å². The van der Waals surface area contributed by atoms with Gasteiger partial charge in [0, 0.05) is 38.5 Å². The molecule has 4 amide bonds. The number of rotatable bonds is 8. The molecule has 1 N–H and O–H groups in total. The monoisotopic (exact) mass is 602 g/mol. The summed E-state index contributed by atoms with van der Waals surface area (Å²) in [6.07, 6.45) is 0.478. The number of hydrogen-bond acceptors (Lipinski definition) is 3. The highest BCUT2D eigenvalue weighted by molar-refractivity contribution is 5.86. The highest BCUT2D eigenvalue weighted by Crippen LogP contribution is 2.30. The molecule has 0 aliphatic carbocycles. The van der Waals surface area contributed by atoms with Gasteiger partial charge in [-0.1, -0.05) is 111 Å². The van der Waals surface area contributed by atoms with E-state index in [0.717, 1.165) is 22.8 Å². The third-order valence-corrected chi connectivity index (χ3v) is 9.38. The van der Waals surface area contributed by atoms with Gasteiger partial charge in [-0.15, -0.1) is 0 Å². The topological polar surface area (TPSA) is 73.0 Å². The highest BCUT2D eigenvalue weighted by atomic mass is 16.2. The number of fused-ring (bicyclic) bond motifs is 2. The second-order valence-electron chi connectivity index (χ2n) is 12.6. The standard InChI is InChI=1S/C38H42N4O3/c1-27(2)34-25-42-35(26-40(37(34)44)24-28-17-18-29-11-9-10-16-32(29)23-28)41(22-20-36(42)43)38(45)39-21-19-33(30-12-5-3-6-13-30)31-14-7-4-8-15-31/h3-18,23,27,33-35H,19-22,24-26H2,1-2H3,(H,39,45)/t34-,35?/m0/s1. The SMILES string of the molecule is CC(C)[C@@H]1CN2C(=O)CCN(C(=O)NCCC(c3ccccc3)c3ccccc3)C2CN(Cc2ccc3ccccc3c2)C1=O. The van der Waals surface area contributed by atoms with Crippen molar-refractivity contribution in [3.63, 3.8) is 0 Å². The summed E-state index contributed by atoms with van der Waals surface area (Å²) in [7, 11) is 0. The minimum atomic E-state index is -0.515. The maximum atomic E-state index is 14.0. The minimum absolute atomic E-state index is 0.00303. The van der Waals surface area contributed by atoms with Crippen molar-refractivity contribution in [2.75, 3.05) is 26.2 Å². The van der Waals surface area contributed by atoms with Gasteiger partial charge in [0.05, 0.1) is 12.5 Å². The van der Waals surface area contributed by atoms with Gasteiger partial charge in [-0.2, -0.15) is 0 Å². The number of nitrogens with zero attached hydrogens (tertiary/aromatic N) is 3. The van der Waals surface area contributed by atoms with Crippen molar-refractivity contribution in [2.45, 2.75) is 45.3 Å². The van der Waals surface area contributed by atoms with Crippen molar-refractivity contribution >= 4 is 28.6 Å². The first kappa shape index (κ1) is 30.4. The molecule has 6 rings (SSSR count). The summed E-state index contributed by atoms with van der Waals surface area (Å²) in [6, 6.07) is 35.0. The lowest BCUT2D eigenvalue weighted by Gasteiger charge is -2.43. The fourth-order valence-electron chi connectivity index (χ4n) is 6.83. The van der Waals surface area contributed by atoms with Crippen LogP contribution in [0.5, 0.6) is 0 Å². The highest BCUT2D eigenvalue weighted by Gasteiger charge is 2.44. The second-order valence-corrected chi connectivity index (χ2v) is 12.6. The second kappa shape index (κ2) is 13.6. The number of nitrogens with one attached hydrogen (secondary N) is 1. The van der Waals surface area contributed by atoms with Gasteiger partial charge in [-0.25, -0.2) is 4.79 Å². The zero-order valence-corrected chi connectivity index (χ0v) is 26.1. The summed E-state index contributed by atoms with van der Waals surface area (Å²) >= 11 is 0. The van der Waals surface area contributed by atoms with E-state index in [2.05, 4.69) is 59.9 Å². The zero-order valence-electron chi connectivity index (χ0n) is 26.1. The molecule has 1 unspecified atom stereocenters. The lowest BCUT2D eigenvalue weighted by molar-refractivity contribution is -0.142. The Bertz CT molecular complexity index is 1600. The first-order chi connectivity index (χ1) is 21.9. The summed E-state index contributed by atoms with van der Waals surface area (Å²) in [5, 5.41) is 5.44. The van der Waals surface area contributed by atoms with Crippen LogP contribution in [0.1, 0.15) is 49.3 Å². The number of carbonyl (C=O) groups excluding carboxylic acids is 3. The van der Waals surface area contributed by atoms with Crippen LogP contribution in [-0.4, -0.2) is 64.9 Å². The number of carbonyl (C=O) groups is 3. The summed E-state index contributed by atoms with van der Waals surface area (Å²) in [5.41, 5.74) is 3.45. The molecule has 0 spiro atoms. The molecular formula is C38H42N4O3. The van der Waals surface area contributed by atoms with E-state index < -0.39 is 6.17 Å². The van der Waals surface area contributed by atoms with Crippen molar-refractivity contribution in [3.05, 3.63) is 120 Å². The molecule has 4 aromatic carbocycles. The Kier molecular flexibility index (Phi) is 9.15. The van der Waals surface area contributed by atoms with Crippen LogP contribution in [0.3, 0.4) is 0 Å². The van der Waals surface area contributed by atoms with Crippen LogP contribution in [0.15, 0.2) is 103 Å². The van der Waals surface area contributed by atoms with E-state index in [-0.39, 0.29) is 48.6 Å². The van der Waals surface area contributed by atoms with Crippen LogP contribution >= 0.6 is 0 Å². The molecule has 2 saturated heterocycles. The van der Waals surface area contributed by atoms with E-state index in [0.29, 0.717) is 26.2 Å². The van der Waals surface area contributed by atoms with E-state index in [1.54, 1.807) is 9.80 Å². The Morgan fingerprint density at radius 1 is 0.822 bits per heavy atom. The predicted molar refractivity (Wildman–Crippen MR) is 177 cm³/mol. The third kappa shape index (κ3) is 6.72. The molecule has 2 aliphatic rings. The Morgan fingerprint density at radius 3 is 2.13 bits per heavy atom. The van der Waals surface area contributed by atoms with Crippen LogP contribution in [0.25, 0.3) is 10.8 Å². The molecule has 2 atom stereocenters. The van der Waals surface area contributed by atoms with Crippen molar-refractivity contribution in [3.8, 4) is 0 Å². The number of hydrogen-bond donors (Lipinski definition) is 1. The van der Waals surface area contributed by atoms with Crippen molar-refractivity contribution in [1.82, 2.24) is 20.0 Å². The van der Waals surface area contributed by atoms with Gasteiger partial charge in [-0.05, 0) is 45.9 Å². The Hall–Kier alpha value is -4.65. The van der Waals surface area contributed by atoms with Gasteiger partial charge in [0.15, 0.2) is 0 Å². The van der Waals surface area contributed by atoms with Crippen LogP contribution in [0.2, 0.25) is 0 Å². The van der Waals surface area contributed by atoms with E-state index in [1.807, 2.05) is 67.3 Å². The van der Waals surface area contributed by atoms with Crippen molar-refractivity contribution in [1.29, 1.82) is 0 Å². The Balaban J connectivity index is 1.20. The normalized spacial score (nSPS) is 18.8. The van der Waals surface area contributed by atoms with Crippen LogP contribution in [0.4, 0.5) is 4.79 Å². The molecule has 0 aromatic heterocycles. The molecule has 0 radical (unpaired) electrons. The van der Waals surface area contributed by atoms with Crippen molar-refractivity contribution < 1.29 is 14.4 Å². The zero-order chi connectivity index (χ0) is 31.3. The van der Waals surface area contributed by atoms with E-state index in [9.17, 15) is 14.4 Å². The van der Waals surface area contributed by atoms with Crippen LogP contribution in [0, 0.1) is 11.8 Å². The summed E-state index contributed by atoms with van der Waals surface area (Å²) in [4.78, 5) is 46.5. The van der Waals surface area contributed by atoms with Crippen LogP contribution < -0.4 is 5.32 Å².